The lowest BCUT2D eigenvalue weighted by Crippen LogP contribution is -2.38. The van der Waals surface area contributed by atoms with Gasteiger partial charge in [-0.1, -0.05) is 0 Å². The molecule has 2 N–H and O–H groups in total. The number of furan rings is 1. The minimum absolute atomic E-state index is 0.586. The van der Waals surface area contributed by atoms with Crippen LogP contribution < -0.4 is 15.4 Å². The van der Waals surface area contributed by atoms with Crippen molar-refractivity contribution in [3.8, 4) is 5.75 Å². The Balaban J connectivity index is 1.88. The number of aliphatic imine (C=N–C) groups is 1. The Labute approximate surface area is 137 Å². The van der Waals surface area contributed by atoms with Gasteiger partial charge in [0.1, 0.15) is 11.5 Å². The zero-order chi connectivity index (χ0) is 16.7. The van der Waals surface area contributed by atoms with E-state index in [2.05, 4.69) is 20.6 Å². The molecule has 0 atom stereocenters. The second kappa shape index (κ2) is 8.22. The molecule has 0 aliphatic heterocycles. The van der Waals surface area contributed by atoms with Gasteiger partial charge in [-0.25, -0.2) is 0 Å². The lowest BCUT2D eigenvalue weighted by molar-refractivity contribution is 0.406. The summed E-state index contributed by atoms with van der Waals surface area (Å²) in [7, 11) is 3.43. The van der Waals surface area contributed by atoms with Crippen LogP contribution >= 0.6 is 0 Å². The third kappa shape index (κ3) is 4.48. The zero-order valence-electron chi connectivity index (χ0n) is 14.1. The molecule has 2 aromatic rings. The molecule has 0 spiro atoms. The molecule has 0 aromatic carbocycles. The molecular weight excluding hydrogens is 292 g/mol. The average Bonchev–Trinajstić information content (AvgIpc) is 3.06. The van der Waals surface area contributed by atoms with Crippen molar-refractivity contribution in [1.82, 2.24) is 15.6 Å². The predicted molar refractivity (Wildman–Crippen MR) is 90.9 cm³/mol. The molecule has 23 heavy (non-hydrogen) atoms. The van der Waals surface area contributed by atoms with E-state index in [0.717, 1.165) is 47.3 Å². The normalized spacial score (nSPS) is 11.4. The molecule has 0 amide bonds. The number of pyridine rings is 1. The van der Waals surface area contributed by atoms with Crippen LogP contribution in [0.1, 0.15) is 22.6 Å². The van der Waals surface area contributed by atoms with Crippen LogP contribution in [0.5, 0.6) is 5.75 Å². The average molecular weight is 316 g/mol. The predicted octanol–water partition coefficient (Wildman–Crippen LogP) is 2.21. The van der Waals surface area contributed by atoms with E-state index >= 15 is 0 Å². The number of guanidine groups is 1. The Morgan fingerprint density at radius 2 is 2.17 bits per heavy atom. The van der Waals surface area contributed by atoms with E-state index in [4.69, 9.17) is 9.15 Å². The first-order chi connectivity index (χ1) is 11.2. The second-order valence-electron chi connectivity index (χ2n) is 5.23. The molecule has 2 heterocycles. The van der Waals surface area contributed by atoms with Gasteiger partial charge in [0.15, 0.2) is 5.96 Å². The van der Waals surface area contributed by atoms with Gasteiger partial charge in [-0.2, -0.15) is 0 Å². The van der Waals surface area contributed by atoms with Crippen LogP contribution in [0.15, 0.2) is 34.0 Å². The molecule has 124 valence electrons. The summed E-state index contributed by atoms with van der Waals surface area (Å²) in [6, 6.07) is 3.85. The fourth-order valence-electron chi connectivity index (χ4n) is 2.40. The van der Waals surface area contributed by atoms with Gasteiger partial charge in [0.25, 0.3) is 0 Å². The molecule has 0 aliphatic rings. The number of hydrogen-bond donors (Lipinski definition) is 2. The minimum Gasteiger partial charge on any atom is -0.496 e. The number of aromatic nitrogens is 1. The fourth-order valence-corrected chi connectivity index (χ4v) is 2.40. The van der Waals surface area contributed by atoms with Crippen molar-refractivity contribution in [2.24, 2.45) is 4.99 Å². The van der Waals surface area contributed by atoms with Crippen molar-refractivity contribution in [3.63, 3.8) is 0 Å². The van der Waals surface area contributed by atoms with Gasteiger partial charge in [-0.3, -0.25) is 9.98 Å². The van der Waals surface area contributed by atoms with Crippen LogP contribution in [0.25, 0.3) is 0 Å². The maximum Gasteiger partial charge on any atom is 0.191 e. The molecule has 0 radical (unpaired) electrons. The smallest absolute Gasteiger partial charge is 0.191 e. The van der Waals surface area contributed by atoms with Gasteiger partial charge >= 0.3 is 0 Å². The summed E-state index contributed by atoms with van der Waals surface area (Å²) in [5, 5.41) is 6.52. The van der Waals surface area contributed by atoms with E-state index in [9.17, 15) is 0 Å². The number of nitrogens with one attached hydrogen (secondary N) is 2. The van der Waals surface area contributed by atoms with Crippen molar-refractivity contribution < 1.29 is 9.15 Å². The maximum absolute atomic E-state index is 5.43. The highest BCUT2D eigenvalue weighted by Gasteiger charge is 2.09. The van der Waals surface area contributed by atoms with Crippen LogP contribution in [-0.2, 0) is 13.0 Å². The molecule has 6 nitrogen and oxygen atoms in total. The third-order valence-corrected chi connectivity index (χ3v) is 3.64. The van der Waals surface area contributed by atoms with Gasteiger partial charge in [0, 0.05) is 37.3 Å². The standard InChI is InChI=1S/C17H24N4O2/c1-12-10-20-15(13(2)16(12)22-4)11-21-17(18-3)19-8-7-14-6-5-9-23-14/h5-6,9-10H,7-8,11H2,1-4H3,(H2,18,19,21). The lowest BCUT2D eigenvalue weighted by atomic mass is 10.1. The van der Waals surface area contributed by atoms with Crippen molar-refractivity contribution in [3.05, 3.63) is 47.2 Å². The van der Waals surface area contributed by atoms with Gasteiger partial charge in [0.05, 0.1) is 25.6 Å². The van der Waals surface area contributed by atoms with E-state index in [1.54, 1.807) is 20.4 Å². The molecule has 0 unspecified atom stereocenters. The summed E-state index contributed by atoms with van der Waals surface area (Å²) in [6.45, 7) is 5.34. The molecule has 0 bridgehead atoms. The van der Waals surface area contributed by atoms with Gasteiger partial charge < -0.3 is 19.8 Å². The van der Waals surface area contributed by atoms with E-state index in [1.807, 2.05) is 32.2 Å². The quantitative estimate of drug-likeness (QED) is 0.631. The summed E-state index contributed by atoms with van der Waals surface area (Å²) in [5.74, 6) is 2.57. The van der Waals surface area contributed by atoms with E-state index in [1.165, 1.54) is 0 Å². The van der Waals surface area contributed by atoms with Gasteiger partial charge in [-0.15, -0.1) is 0 Å². The Hall–Kier alpha value is -2.50. The molecule has 0 fully saturated rings. The lowest BCUT2D eigenvalue weighted by Gasteiger charge is -2.15. The largest absolute Gasteiger partial charge is 0.496 e. The molecule has 6 heteroatoms. The molecule has 2 aromatic heterocycles. The van der Waals surface area contributed by atoms with Crippen LogP contribution in [0.2, 0.25) is 0 Å². The number of nitrogens with zero attached hydrogens (tertiary/aromatic N) is 2. The van der Waals surface area contributed by atoms with Crippen LogP contribution in [-0.4, -0.2) is 31.6 Å². The SMILES string of the molecule is CN=C(NCCc1ccco1)NCc1ncc(C)c(OC)c1C. The number of hydrogen-bond acceptors (Lipinski definition) is 4. The number of rotatable bonds is 6. The third-order valence-electron chi connectivity index (χ3n) is 3.64. The first-order valence-electron chi connectivity index (χ1n) is 7.61. The number of aryl methyl sites for hydroxylation is 1. The van der Waals surface area contributed by atoms with Gasteiger partial charge in [-0.05, 0) is 26.0 Å². The van der Waals surface area contributed by atoms with Crippen molar-refractivity contribution in [2.45, 2.75) is 26.8 Å². The molecular formula is C17H24N4O2. The summed E-state index contributed by atoms with van der Waals surface area (Å²) in [4.78, 5) is 8.69. The number of methoxy groups -OCH3 is 1. The highest BCUT2D eigenvalue weighted by Crippen LogP contribution is 2.23. The van der Waals surface area contributed by atoms with Crippen molar-refractivity contribution >= 4 is 5.96 Å². The van der Waals surface area contributed by atoms with E-state index < -0.39 is 0 Å². The summed E-state index contributed by atoms with van der Waals surface area (Å²) < 4.78 is 10.7. The highest BCUT2D eigenvalue weighted by atomic mass is 16.5. The molecule has 0 saturated carbocycles. The van der Waals surface area contributed by atoms with E-state index in [0.29, 0.717) is 6.54 Å². The number of ether oxygens (including phenoxy) is 1. The highest BCUT2D eigenvalue weighted by molar-refractivity contribution is 5.79. The Morgan fingerprint density at radius 1 is 1.35 bits per heavy atom. The second-order valence-corrected chi connectivity index (χ2v) is 5.23. The summed E-state index contributed by atoms with van der Waals surface area (Å²) in [5.41, 5.74) is 3.03. The molecule has 2 rings (SSSR count). The Morgan fingerprint density at radius 3 is 2.83 bits per heavy atom. The first kappa shape index (κ1) is 16.9. The molecule has 0 saturated heterocycles. The monoisotopic (exact) mass is 316 g/mol. The van der Waals surface area contributed by atoms with Crippen molar-refractivity contribution in [1.29, 1.82) is 0 Å². The Kier molecular flexibility index (Phi) is 6.02. The fraction of sp³-hybridized carbons (Fsp3) is 0.412. The summed E-state index contributed by atoms with van der Waals surface area (Å²) in [6.07, 6.45) is 4.32. The molecule has 0 aliphatic carbocycles. The topological polar surface area (TPSA) is 71.7 Å². The van der Waals surface area contributed by atoms with Crippen molar-refractivity contribution in [2.75, 3.05) is 20.7 Å². The van der Waals surface area contributed by atoms with Crippen LogP contribution in [0, 0.1) is 13.8 Å². The maximum atomic E-state index is 5.43. The van der Waals surface area contributed by atoms with Gasteiger partial charge in [0.2, 0.25) is 0 Å². The zero-order valence-corrected chi connectivity index (χ0v) is 14.1. The van der Waals surface area contributed by atoms with Crippen LogP contribution in [0.3, 0.4) is 0 Å². The Bertz CT molecular complexity index is 651. The van der Waals surface area contributed by atoms with Crippen LogP contribution in [0.4, 0.5) is 0 Å². The minimum atomic E-state index is 0.586. The first-order valence-corrected chi connectivity index (χ1v) is 7.61. The summed E-state index contributed by atoms with van der Waals surface area (Å²) >= 11 is 0. The van der Waals surface area contributed by atoms with E-state index in [-0.39, 0.29) is 0 Å².